The van der Waals surface area contributed by atoms with Gasteiger partial charge >= 0.3 is 0 Å². The van der Waals surface area contributed by atoms with E-state index >= 15 is 0 Å². The highest BCUT2D eigenvalue weighted by Gasteiger charge is 2.13. The van der Waals surface area contributed by atoms with Gasteiger partial charge in [-0.3, -0.25) is 4.79 Å². The van der Waals surface area contributed by atoms with Crippen molar-refractivity contribution in [2.75, 3.05) is 7.11 Å². The molecule has 2 aromatic heterocycles. The van der Waals surface area contributed by atoms with Crippen molar-refractivity contribution < 1.29 is 9.47 Å². The minimum absolute atomic E-state index is 0.0822. The van der Waals surface area contributed by atoms with Gasteiger partial charge in [-0.1, -0.05) is 75.8 Å². The maximum atomic E-state index is 13.1. The maximum absolute atomic E-state index is 13.1. The lowest BCUT2D eigenvalue weighted by Crippen LogP contribution is -2.22. The molecule has 0 N–H and O–H groups in total. The summed E-state index contributed by atoms with van der Waals surface area (Å²) in [6.07, 6.45) is 1.86. The van der Waals surface area contributed by atoms with Gasteiger partial charge in [0.2, 0.25) is 0 Å². The minimum Gasteiger partial charge on any atom is -0.493 e. The molecule has 172 valence electrons. The average Bonchev–Trinajstić information content (AvgIpc) is 3.39. The van der Waals surface area contributed by atoms with Gasteiger partial charge in [0.15, 0.2) is 16.5 Å². The highest BCUT2D eigenvalue weighted by Crippen LogP contribution is 2.34. The number of para-hydroxylation sites is 2. The Morgan fingerprint density at radius 3 is 2.63 bits per heavy atom. The van der Waals surface area contributed by atoms with E-state index in [4.69, 9.17) is 9.47 Å². The molecule has 0 atom stereocenters. The number of halogens is 1. The molecule has 0 unspecified atom stereocenters. The Kier molecular flexibility index (Phi) is 5.51. The fourth-order valence-electron chi connectivity index (χ4n) is 4.18. The second-order valence-electron chi connectivity index (χ2n) is 8.13. The second kappa shape index (κ2) is 8.83. The lowest BCUT2D eigenvalue weighted by Gasteiger charge is -2.13. The molecule has 0 amide bonds. The smallest absolute Gasteiger partial charge is 0.274 e. The molecule has 0 spiro atoms. The molecule has 0 fully saturated rings. The van der Waals surface area contributed by atoms with Crippen LogP contribution in [-0.4, -0.2) is 16.5 Å². The summed E-state index contributed by atoms with van der Waals surface area (Å²) in [6, 6.07) is 26.0. The number of hydrogen-bond acceptors (Lipinski definition) is 5. The van der Waals surface area contributed by atoms with Crippen LogP contribution in [0.25, 0.3) is 32.8 Å². The van der Waals surface area contributed by atoms with Crippen LogP contribution in [0.5, 0.6) is 11.5 Å². The van der Waals surface area contributed by atoms with E-state index in [-0.39, 0.29) is 5.56 Å². The monoisotopic (exact) mass is 542 g/mol. The third kappa shape index (κ3) is 3.96. The average molecular weight is 543 g/mol. The van der Waals surface area contributed by atoms with Crippen LogP contribution in [0.15, 0.2) is 88.1 Å². The summed E-state index contributed by atoms with van der Waals surface area (Å²) in [7, 11) is 1.61. The molecule has 0 aliphatic carbocycles. The zero-order valence-electron chi connectivity index (χ0n) is 18.7. The van der Waals surface area contributed by atoms with E-state index < -0.39 is 0 Å². The molecule has 2 heterocycles. The highest BCUT2D eigenvalue weighted by molar-refractivity contribution is 9.10. The summed E-state index contributed by atoms with van der Waals surface area (Å²) >= 11 is 5.01. The molecule has 35 heavy (non-hydrogen) atoms. The standard InChI is InChI=1S/C28H19BrN2O3S/c1-33-24-13-20(14-26-27(32)31-23-9-5-4-8-22(23)30-28(31)35-26)21(29)15-25(24)34-16-17-10-11-18-6-2-3-7-19(18)12-17/h2-15H,16H2,1H3. The van der Waals surface area contributed by atoms with E-state index in [2.05, 4.69) is 51.2 Å². The van der Waals surface area contributed by atoms with E-state index in [1.807, 2.05) is 54.6 Å². The second-order valence-corrected chi connectivity index (χ2v) is 9.99. The normalized spacial score (nSPS) is 12.1. The largest absolute Gasteiger partial charge is 0.493 e. The molecule has 0 aliphatic heterocycles. The van der Waals surface area contributed by atoms with Gasteiger partial charge in [-0.2, -0.15) is 0 Å². The van der Waals surface area contributed by atoms with Gasteiger partial charge in [0, 0.05) is 4.47 Å². The summed E-state index contributed by atoms with van der Waals surface area (Å²) in [5.41, 5.74) is 3.45. The number of ether oxygens (including phenoxy) is 2. The Bertz CT molecular complexity index is 1840. The van der Waals surface area contributed by atoms with Gasteiger partial charge in [-0.15, -0.1) is 0 Å². The first-order chi connectivity index (χ1) is 17.1. The first kappa shape index (κ1) is 21.8. The molecule has 5 nitrogen and oxygen atoms in total. The molecule has 0 bridgehead atoms. The quantitative estimate of drug-likeness (QED) is 0.269. The van der Waals surface area contributed by atoms with Crippen molar-refractivity contribution in [3.05, 3.63) is 109 Å². The van der Waals surface area contributed by atoms with Crippen molar-refractivity contribution in [3.63, 3.8) is 0 Å². The summed E-state index contributed by atoms with van der Waals surface area (Å²) in [4.78, 5) is 18.4. The van der Waals surface area contributed by atoms with Gasteiger partial charge in [0.05, 0.1) is 22.7 Å². The van der Waals surface area contributed by atoms with Crippen LogP contribution in [-0.2, 0) is 6.61 Å². The van der Waals surface area contributed by atoms with E-state index in [1.165, 1.54) is 22.1 Å². The molecule has 0 saturated heterocycles. The van der Waals surface area contributed by atoms with Crippen molar-refractivity contribution in [1.29, 1.82) is 0 Å². The topological polar surface area (TPSA) is 52.8 Å². The van der Waals surface area contributed by atoms with Crippen molar-refractivity contribution in [1.82, 2.24) is 9.38 Å². The van der Waals surface area contributed by atoms with E-state index in [9.17, 15) is 4.79 Å². The van der Waals surface area contributed by atoms with E-state index in [0.717, 1.165) is 26.6 Å². The Labute approximate surface area is 213 Å². The van der Waals surface area contributed by atoms with Crippen molar-refractivity contribution in [2.45, 2.75) is 6.61 Å². The van der Waals surface area contributed by atoms with Crippen LogP contribution < -0.4 is 19.6 Å². The SMILES string of the molecule is COc1cc(C=c2sc3nc4ccccc4n3c2=O)c(Br)cc1OCc1ccc2ccccc2c1. The molecule has 7 heteroatoms. The van der Waals surface area contributed by atoms with Crippen LogP contribution in [0.2, 0.25) is 0 Å². The van der Waals surface area contributed by atoms with Crippen LogP contribution in [0.3, 0.4) is 0 Å². The molecule has 4 aromatic carbocycles. The maximum Gasteiger partial charge on any atom is 0.274 e. The van der Waals surface area contributed by atoms with Gasteiger partial charge < -0.3 is 9.47 Å². The summed E-state index contributed by atoms with van der Waals surface area (Å²) in [5.74, 6) is 1.22. The third-order valence-electron chi connectivity index (χ3n) is 5.92. The summed E-state index contributed by atoms with van der Waals surface area (Å²) < 4.78 is 14.8. The molecule has 6 rings (SSSR count). The zero-order chi connectivity index (χ0) is 23.9. The number of benzene rings is 4. The molecule has 6 aromatic rings. The summed E-state index contributed by atoms with van der Waals surface area (Å²) in [5, 5.41) is 2.37. The van der Waals surface area contributed by atoms with Gasteiger partial charge in [-0.05, 0) is 58.3 Å². The first-order valence-corrected chi connectivity index (χ1v) is 12.6. The van der Waals surface area contributed by atoms with Crippen LogP contribution in [0, 0.1) is 0 Å². The van der Waals surface area contributed by atoms with E-state index in [1.54, 1.807) is 11.5 Å². The van der Waals surface area contributed by atoms with Crippen molar-refractivity contribution >= 4 is 60.1 Å². The van der Waals surface area contributed by atoms with Crippen molar-refractivity contribution in [3.8, 4) is 11.5 Å². The number of methoxy groups -OCH3 is 1. The Morgan fingerprint density at radius 1 is 0.971 bits per heavy atom. The molecule has 0 aliphatic rings. The third-order valence-corrected chi connectivity index (χ3v) is 7.58. The lowest BCUT2D eigenvalue weighted by molar-refractivity contribution is 0.284. The molecular weight excluding hydrogens is 524 g/mol. The van der Waals surface area contributed by atoms with E-state index in [0.29, 0.717) is 27.6 Å². The number of thiazole rings is 1. The Balaban J connectivity index is 1.33. The van der Waals surface area contributed by atoms with Crippen LogP contribution in [0.4, 0.5) is 0 Å². The molecule has 0 radical (unpaired) electrons. The van der Waals surface area contributed by atoms with Gasteiger partial charge in [-0.25, -0.2) is 9.38 Å². The fraction of sp³-hybridized carbons (Fsp3) is 0.0714. The number of aromatic nitrogens is 2. The minimum atomic E-state index is -0.0822. The number of nitrogens with zero attached hydrogens (tertiary/aromatic N) is 2. The fourth-order valence-corrected chi connectivity index (χ4v) is 5.59. The Hall–Kier alpha value is -3.68. The number of rotatable bonds is 5. The number of hydrogen-bond donors (Lipinski definition) is 0. The number of imidazole rings is 1. The van der Waals surface area contributed by atoms with Crippen LogP contribution in [0.1, 0.15) is 11.1 Å². The van der Waals surface area contributed by atoms with Gasteiger partial charge in [0.25, 0.3) is 5.56 Å². The zero-order valence-corrected chi connectivity index (χ0v) is 21.1. The lowest BCUT2D eigenvalue weighted by atomic mass is 10.1. The molecular formula is C28H19BrN2O3S. The van der Waals surface area contributed by atoms with Gasteiger partial charge in [0.1, 0.15) is 6.61 Å². The predicted molar refractivity (Wildman–Crippen MR) is 145 cm³/mol. The van der Waals surface area contributed by atoms with Crippen molar-refractivity contribution in [2.24, 2.45) is 0 Å². The first-order valence-electron chi connectivity index (χ1n) is 11.0. The van der Waals surface area contributed by atoms with Crippen LogP contribution >= 0.6 is 27.3 Å². The number of fused-ring (bicyclic) bond motifs is 4. The highest BCUT2D eigenvalue weighted by atomic mass is 79.9. The Morgan fingerprint density at radius 2 is 1.77 bits per heavy atom. The summed E-state index contributed by atoms with van der Waals surface area (Å²) in [6.45, 7) is 0.413. The molecule has 0 saturated carbocycles. The predicted octanol–water partition coefficient (Wildman–Crippen LogP) is 5.96.